The molecule has 0 unspecified atom stereocenters. The van der Waals surface area contributed by atoms with Crippen molar-refractivity contribution in [3.8, 4) is 0 Å². The molecule has 0 aliphatic carbocycles. The number of hydrogen-bond donors (Lipinski definition) is 2. The molecule has 0 fully saturated rings. The van der Waals surface area contributed by atoms with Crippen LogP contribution < -0.4 is 10.6 Å². The Morgan fingerprint density at radius 1 is 1.50 bits per heavy atom. The molecule has 1 aromatic rings. The van der Waals surface area contributed by atoms with Gasteiger partial charge in [-0.2, -0.15) is 0 Å². The lowest BCUT2D eigenvalue weighted by Gasteiger charge is -2.05. The van der Waals surface area contributed by atoms with Crippen LogP contribution in [0, 0.1) is 0 Å². The number of hydrogen-bond acceptors (Lipinski definition) is 7. The second-order valence-electron chi connectivity index (χ2n) is 3.39. The number of ether oxygens (including phenoxy) is 1. The average Bonchev–Trinajstić information content (AvgIpc) is 2.83. The fourth-order valence-electron chi connectivity index (χ4n) is 1.13. The Bertz CT molecular complexity index is 359. The number of carbonyl (C=O) groups excluding carboxylic acids is 1. The molecular formula is C9H18N6O2S. The van der Waals surface area contributed by atoms with Crippen molar-refractivity contribution in [2.24, 2.45) is 0 Å². The maximum atomic E-state index is 11.1. The van der Waals surface area contributed by atoms with Gasteiger partial charge in [0.15, 0.2) is 0 Å². The Hall–Kier alpha value is -1.19. The first kappa shape index (κ1) is 14.9. The molecule has 2 N–H and O–H groups in total. The highest BCUT2D eigenvalue weighted by Crippen LogP contribution is 2.12. The molecule has 0 saturated heterocycles. The minimum atomic E-state index is -0.0484. The van der Waals surface area contributed by atoms with Crippen molar-refractivity contribution in [3.05, 3.63) is 0 Å². The summed E-state index contributed by atoms with van der Waals surface area (Å²) in [5.74, 6) is 0.265. The van der Waals surface area contributed by atoms with Crippen LogP contribution >= 0.6 is 11.8 Å². The van der Waals surface area contributed by atoms with Gasteiger partial charge in [-0.3, -0.25) is 4.79 Å². The maximum absolute atomic E-state index is 11.1. The summed E-state index contributed by atoms with van der Waals surface area (Å²) in [5.41, 5.74) is 0. The topological polar surface area (TPSA) is 94.0 Å². The van der Waals surface area contributed by atoms with Crippen LogP contribution in [0.15, 0.2) is 5.16 Å². The smallest absolute Gasteiger partial charge is 0.230 e. The third-order valence-electron chi connectivity index (χ3n) is 2.09. The number of aromatic nitrogens is 4. The van der Waals surface area contributed by atoms with Crippen molar-refractivity contribution in [2.45, 2.75) is 11.7 Å². The van der Waals surface area contributed by atoms with E-state index in [1.54, 1.807) is 18.8 Å². The Morgan fingerprint density at radius 2 is 2.33 bits per heavy atom. The summed E-state index contributed by atoms with van der Waals surface area (Å²) in [5, 5.41) is 17.7. The van der Waals surface area contributed by atoms with Gasteiger partial charge in [0.25, 0.3) is 0 Å². The van der Waals surface area contributed by atoms with Gasteiger partial charge in [0.1, 0.15) is 0 Å². The van der Waals surface area contributed by atoms with Gasteiger partial charge in [0.05, 0.1) is 18.9 Å². The highest BCUT2D eigenvalue weighted by Gasteiger charge is 2.08. The summed E-state index contributed by atoms with van der Waals surface area (Å²) in [6.07, 6.45) is 0. The molecule has 9 heteroatoms. The number of thioether (sulfide) groups is 1. The SMILES string of the molecule is CNC(=O)CSc1nnnn1CCNCCOC. The largest absolute Gasteiger partial charge is 0.383 e. The van der Waals surface area contributed by atoms with Crippen molar-refractivity contribution >= 4 is 17.7 Å². The number of amides is 1. The molecule has 8 nitrogen and oxygen atoms in total. The molecule has 1 amide bonds. The Labute approximate surface area is 110 Å². The van der Waals surface area contributed by atoms with Crippen LogP contribution in [0.3, 0.4) is 0 Å². The van der Waals surface area contributed by atoms with E-state index in [2.05, 4.69) is 26.2 Å². The van der Waals surface area contributed by atoms with Crippen LogP contribution in [0.25, 0.3) is 0 Å². The molecular weight excluding hydrogens is 256 g/mol. The highest BCUT2D eigenvalue weighted by molar-refractivity contribution is 7.99. The number of nitrogens with zero attached hydrogens (tertiary/aromatic N) is 4. The van der Waals surface area contributed by atoms with Gasteiger partial charge in [-0.25, -0.2) is 4.68 Å². The first-order chi connectivity index (χ1) is 8.77. The normalized spacial score (nSPS) is 10.6. The highest BCUT2D eigenvalue weighted by atomic mass is 32.2. The van der Waals surface area contributed by atoms with Crippen molar-refractivity contribution in [3.63, 3.8) is 0 Å². The molecule has 1 aromatic heterocycles. The van der Waals surface area contributed by atoms with Crippen LogP contribution in [-0.2, 0) is 16.1 Å². The number of carbonyl (C=O) groups is 1. The monoisotopic (exact) mass is 274 g/mol. The molecule has 0 aromatic carbocycles. The van der Waals surface area contributed by atoms with Gasteiger partial charge in [-0.1, -0.05) is 11.8 Å². The van der Waals surface area contributed by atoms with Crippen LogP contribution in [0.5, 0.6) is 0 Å². The molecule has 1 rings (SSSR count). The van der Waals surface area contributed by atoms with Gasteiger partial charge < -0.3 is 15.4 Å². The van der Waals surface area contributed by atoms with Crippen molar-refractivity contribution in [1.29, 1.82) is 0 Å². The van der Waals surface area contributed by atoms with Crippen molar-refractivity contribution in [2.75, 3.05) is 39.6 Å². The average molecular weight is 274 g/mol. The summed E-state index contributed by atoms with van der Waals surface area (Å²) in [7, 11) is 3.27. The van der Waals surface area contributed by atoms with Crippen LogP contribution in [0.1, 0.15) is 0 Å². The van der Waals surface area contributed by atoms with E-state index < -0.39 is 0 Å². The molecule has 1 heterocycles. The summed E-state index contributed by atoms with van der Waals surface area (Å²) in [6.45, 7) is 2.88. The number of nitrogens with one attached hydrogen (secondary N) is 2. The van der Waals surface area contributed by atoms with E-state index in [9.17, 15) is 4.79 Å². The van der Waals surface area contributed by atoms with Gasteiger partial charge in [-0.05, 0) is 10.4 Å². The summed E-state index contributed by atoms with van der Waals surface area (Å²) in [6, 6.07) is 0. The second kappa shape index (κ2) is 8.84. The van der Waals surface area contributed by atoms with Crippen molar-refractivity contribution in [1.82, 2.24) is 30.8 Å². The lowest BCUT2D eigenvalue weighted by atomic mass is 10.6. The first-order valence-electron chi connectivity index (χ1n) is 5.57. The van der Waals surface area contributed by atoms with E-state index in [1.807, 2.05) is 0 Å². The Morgan fingerprint density at radius 3 is 3.06 bits per heavy atom. The minimum absolute atomic E-state index is 0.0484. The third-order valence-corrected chi connectivity index (χ3v) is 3.05. The zero-order valence-electron chi connectivity index (χ0n) is 10.5. The molecule has 0 radical (unpaired) electrons. The summed E-state index contributed by atoms with van der Waals surface area (Å²) >= 11 is 1.32. The zero-order valence-corrected chi connectivity index (χ0v) is 11.4. The third kappa shape index (κ3) is 5.43. The van der Waals surface area contributed by atoms with E-state index in [4.69, 9.17) is 4.74 Å². The van der Waals surface area contributed by atoms with Crippen LogP contribution in [0.2, 0.25) is 0 Å². The van der Waals surface area contributed by atoms with E-state index in [0.29, 0.717) is 24.1 Å². The molecule has 0 saturated carbocycles. The minimum Gasteiger partial charge on any atom is -0.383 e. The fraction of sp³-hybridized carbons (Fsp3) is 0.778. The predicted molar refractivity (Wildman–Crippen MR) is 67.4 cm³/mol. The summed E-state index contributed by atoms with van der Waals surface area (Å²) in [4.78, 5) is 11.1. The standard InChI is InChI=1S/C9H18N6O2S/c1-10-8(16)7-18-9-12-13-14-15(9)5-3-11-4-6-17-2/h11H,3-7H2,1-2H3,(H,10,16). The molecule has 0 aliphatic heterocycles. The molecule has 0 bridgehead atoms. The molecule has 0 aliphatic rings. The maximum Gasteiger partial charge on any atom is 0.230 e. The van der Waals surface area contributed by atoms with Gasteiger partial charge in [0.2, 0.25) is 11.1 Å². The number of tetrazole rings is 1. The van der Waals surface area contributed by atoms with Crippen molar-refractivity contribution < 1.29 is 9.53 Å². The fourth-order valence-corrected chi connectivity index (χ4v) is 1.90. The van der Waals surface area contributed by atoms with E-state index in [-0.39, 0.29) is 5.91 Å². The van der Waals surface area contributed by atoms with Crippen LogP contribution in [-0.4, -0.2) is 65.7 Å². The van der Waals surface area contributed by atoms with Gasteiger partial charge in [0, 0.05) is 27.2 Å². The molecule has 0 atom stereocenters. The number of rotatable bonds is 9. The predicted octanol–water partition coefficient (Wildman–Crippen LogP) is -1.25. The molecule has 0 spiro atoms. The van der Waals surface area contributed by atoms with E-state index in [1.165, 1.54) is 11.8 Å². The molecule has 102 valence electrons. The van der Waals surface area contributed by atoms with E-state index >= 15 is 0 Å². The quantitative estimate of drug-likeness (QED) is 0.429. The summed E-state index contributed by atoms with van der Waals surface area (Å²) < 4.78 is 6.60. The zero-order chi connectivity index (χ0) is 13.2. The second-order valence-corrected chi connectivity index (χ2v) is 4.33. The lowest BCUT2D eigenvalue weighted by Crippen LogP contribution is -2.24. The molecule has 18 heavy (non-hydrogen) atoms. The van der Waals surface area contributed by atoms with Crippen LogP contribution in [0.4, 0.5) is 0 Å². The van der Waals surface area contributed by atoms with Gasteiger partial charge in [-0.15, -0.1) is 5.10 Å². The Balaban J connectivity index is 2.28. The lowest BCUT2D eigenvalue weighted by molar-refractivity contribution is -0.118. The Kier molecular flexibility index (Phi) is 7.30. The first-order valence-corrected chi connectivity index (χ1v) is 6.55. The number of methoxy groups -OCH3 is 1. The van der Waals surface area contributed by atoms with Gasteiger partial charge >= 0.3 is 0 Å². The van der Waals surface area contributed by atoms with E-state index in [0.717, 1.165) is 13.1 Å².